The monoisotopic (exact) mass is 336 g/mol. The van der Waals surface area contributed by atoms with Crippen molar-refractivity contribution >= 4 is 17.5 Å². The summed E-state index contributed by atoms with van der Waals surface area (Å²) in [5.74, 6) is 0.573. The van der Waals surface area contributed by atoms with Gasteiger partial charge in [-0.15, -0.1) is 11.8 Å². The van der Waals surface area contributed by atoms with Crippen LogP contribution in [0.3, 0.4) is 0 Å². The summed E-state index contributed by atoms with van der Waals surface area (Å²) in [5.41, 5.74) is 2.98. The largest absolute Gasteiger partial charge is 0.294 e. The molecule has 0 heterocycles. The van der Waals surface area contributed by atoms with Crippen LogP contribution in [0.25, 0.3) is 11.1 Å². The SMILES string of the molecule is O=C(CCSc1ccc(F)cc1)c1ccc(-c2ccccc2)cc1. The Morgan fingerprint density at radius 2 is 1.42 bits per heavy atom. The molecule has 0 atom stereocenters. The Morgan fingerprint density at radius 3 is 2.08 bits per heavy atom. The van der Waals surface area contributed by atoms with Gasteiger partial charge in [0.15, 0.2) is 5.78 Å². The van der Waals surface area contributed by atoms with Crippen molar-refractivity contribution in [2.45, 2.75) is 11.3 Å². The van der Waals surface area contributed by atoms with Gasteiger partial charge < -0.3 is 0 Å². The van der Waals surface area contributed by atoms with Crippen LogP contribution in [0, 0.1) is 5.82 Å². The van der Waals surface area contributed by atoms with Crippen LogP contribution in [0.2, 0.25) is 0 Å². The van der Waals surface area contributed by atoms with Gasteiger partial charge in [-0.3, -0.25) is 4.79 Å². The maximum atomic E-state index is 12.9. The number of hydrogen-bond acceptors (Lipinski definition) is 2. The Labute approximate surface area is 145 Å². The molecule has 0 bridgehead atoms. The number of thioether (sulfide) groups is 1. The van der Waals surface area contributed by atoms with Crippen molar-refractivity contribution in [1.29, 1.82) is 0 Å². The molecule has 1 nitrogen and oxygen atoms in total. The molecule has 0 unspecified atom stereocenters. The van der Waals surface area contributed by atoms with Gasteiger partial charge in [-0.2, -0.15) is 0 Å². The molecule has 0 N–H and O–H groups in total. The van der Waals surface area contributed by atoms with Crippen molar-refractivity contribution in [2.75, 3.05) is 5.75 Å². The predicted octanol–water partition coefficient (Wildman–Crippen LogP) is 5.86. The maximum Gasteiger partial charge on any atom is 0.163 e. The highest BCUT2D eigenvalue weighted by atomic mass is 32.2. The second-order valence-corrected chi connectivity index (χ2v) is 6.59. The van der Waals surface area contributed by atoms with E-state index >= 15 is 0 Å². The average Bonchev–Trinajstić information content (AvgIpc) is 2.64. The Hall–Kier alpha value is -2.39. The van der Waals surface area contributed by atoms with Crippen LogP contribution in [-0.4, -0.2) is 11.5 Å². The van der Waals surface area contributed by atoms with Gasteiger partial charge >= 0.3 is 0 Å². The van der Waals surface area contributed by atoms with Crippen molar-refractivity contribution in [2.24, 2.45) is 0 Å². The molecule has 0 aliphatic carbocycles. The van der Waals surface area contributed by atoms with Crippen molar-refractivity contribution < 1.29 is 9.18 Å². The maximum absolute atomic E-state index is 12.9. The van der Waals surface area contributed by atoms with Crippen LogP contribution in [0.4, 0.5) is 4.39 Å². The van der Waals surface area contributed by atoms with E-state index in [2.05, 4.69) is 12.1 Å². The van der Waals surface area contributed by atoms with Crippen LogP contribution < -0.4 is 0 Å². The summed E-state index contributed by atoms with van der Waals surface area (Å²) in [5, 5.41) is 0. The van der Waals surface area contributed by atoms with Gasteiger partial charge in [0.1, 0.15) is 5.82 Å². The molecular weight excluding hydrogens is 319 g/mol. The predicted molar refractivity (Wildman–Crippen MR) is 97.9 cm³/mol. The lowest BCUT2D eigenvalue weighted by atomic mass is 10.0. The van der Waals surface area contributed by atoms with Gasteiger partial charge in [0.25, 0.3) is 0 Å². The van der Waals surface area contributed by atoms with Crippen molar-refractivity contribution in [3.05, 3.63) is 90.2 Å². The molecular formula is C21H17FOS. The quantitative estimate of drug-likeness (QED) is 0.414. The summed E-state index contributed by atoms with van der Waals surface area (Å²) < 4.78 is 12.9. The fourth-order valence-electron chi connectivity index (χ4n) is 2.42. The fraction of sp³-hybridized carbons (Fsp3) is 0.0952. The first-order valence-corrected chi connectivity index (χ1v) is 8.78. The molecule has 0 radical (unpaired) electrons. The smallest absolute Gasteiger partial charge is 0.163 e. The lowest BCUT2D eigenvalue weighted by molar-refractivity contribution is 0.0989. The minimum atomic E-state index is -0.242. The third kappa shape index (κ3) is 4.33. The Kier molecular flexibility index (Phi) is 5.44. The summed E-state index contributed by atoms with van der Waals surface area (Å²) in [6, 6.07) is 24.2. The van der Waals surface area contributed by atoms with Crippen LogP contribution >= 0.6 is 11.8 Å². The van der Waals surface area contributed by atoms with E-state index < -0.39 is 0 Å². The number of Topliss-reactive ketones (excluding diaryl/α,β-unsaturated/α-hetero) is 1. The van der Waals surface area contributed by atoms with E-state index in [-0.39, 0.29) is 11.6 Å². The molecule has 0 amide bonds. The highest BCUT2D eigenvalue weighted by Crippen LogP contribution is 2.22. The van der Waals surface area contributed by atoms with E-state index in [0.29, 0.717) is 12.2 Å². The molecule has 0 aliphatic rings. The van der Waals surface area contributed by atoms with Gasteiger partial charge in [-0.25, -0.2) is 4.39 Å². The first-order chi connectivity index (χ1) is 11.7. The van der Waals surface area contributed by atoms with E-state index in [4.69, 9.17) is 0 Å². The summed E-state index contributed by atoms with van der Waals surface area (Å²) in [4.78, 5) is 13.2. The average molecular weight is 336 g/mol. The number of benzene rings is 3. The van der Waals surface area contributed by atoms with Gasteiger partial charge in [0.2, 0.25) is 0 Å². The van der Waals surface area contributed by atoms with Crippen LogP contribution in [0.5, 0.6) is 0 Å². The third-order valence-corrected chi connectivity index (χ3v) is 4.74. The van der Waals surface area contributed by atoms with Crippen molar-refractivity contribution in [3.8, 4) is 11.1 Å². The zero-order valence-corrected chi connectivity index (χ0v) is 13.9. The lowest BCUT2D eigenvalue weighted by Crippen LogP contribution is -2.00. The summed E-state index contributed by atoms with van der Waals surface area (Å²) in [6.07, 6.45) is 0.465. The molecule has 3 heteroatoms. The fourth-order valence-corrected chi connectivity index (χ4v) is 3.27. The molecule has 0 spiro atoms. The summed E-state index contributed by atoms with van der Waals surface area (Å²) >= 11 is 1.56. The summed E-state index contributed by atoms with van der Waals surface area (Å²) in [7, 11) is 0. The normalized spacial score (nSPS) is 10.5. The van der Waals surface area contributed by atoms with E-state index in [1.165, 1.54) is 12.1 Å². The Balaban J connectivity index is 1.56. The zero-order valence-electron chi connectivity index (χ0n) is 13.1. The standard InChI is InChI=1S/C21H17FOS/c22-19-10-12-20(13-11-19)24-15-14-21(23)18-8-6-17(7-9-18)16-4-2-1-3-5-16/h1-13H,14-15H2. The molecule has 24 heavy (non-hydrogen) atoms. The first-order valence-electron chi connectivity index (χ1n) is 7.79. The minimum Gasteiger partial charge on any atom is -0.294 e. The minimum absolute atomic E-state index is 0.129. The van der Waals surface area contributed by atoms with Gasteiger partial charge in [-0.05, 0) is 35.4 Å². The molecule has 0 saturated heterocycles. The Morgan fingerprint density at radius 1 is 0.792 bits per heavy atom. The number of carbonyl (C=O) groups is 1. The van der Waals surface area contributed by atoms with Crippen LogP contribution in [0.1, 0.15) is 16.8 Å². The lowest BCUT2D eigenvalue weighted by Gasteiger charge is -2.05. The number of rotatable bonds is 6. The van der Waals surface area contributed by atoms with E-state index in [1.807, 2.05) is 42.5 Å². The van der Waals surface area contributed by atoms with E-state index in [0.717, 1.165) is 21.6 Å². The highest BCUT2D eigenvalue weighted by Gasteiger charge is 2.07. The molecule has 3 aromatic carbocycles. The first kappa shape index (κ1) is 16.5. The highest BCUT2D eigenvalue weighted by molar-refractivity contribution is 7.99. The number of ketones is 1. The van der Waals surface area contributed by atoms with Gasteiger partial charge in [0.05, 0.1) is 0 Å². The third-order valence-electron chi connectivity index (χ3n) is 3.73. The van der Waals surface area contributed by atoms with Crippen LogP contribution in [-0.2, 0) is 0 Å². The zero-order chi connectivity index (χ0) is 16.8. The molecule has 0 aromatic heterocycles. The molecule has 3 aromatic rings. The molecule has 0 fully saturated rings. The molecule has 0 aliphatic heterocycles. The molecule has 3 rings (SSSR count). The van der Waals surface area contributed by atoms with Gasteiger partial charge in [-0.1, -0.05) is 54.6 Å². The van der Waals surface area contributed by atoms with E-state index in [1.54, 1.807) is 23.9 Å². The molecule has 120 valence electrons. The second kappa shape index (κ2) is 7.93. The van der Waals surface area contributed by atoms with Crippen molar-refractivity contribution in [3.63, 3.8) is 0 Å². The van der Waals surface area contributed by atoms with E-state index in [9.17, 15) is 9.18 Å². The van der Waals surface area contributed by atoms with Gasteiger partial charge in [0, 0.05) is 22.6 Å². The van der Waals surface area contributed by atoms with Crippen molar-refractivity contribution in [1.82, 2.24) is 0 Å². The number of carbonyl (C=O) groups excluding carboxylic acids is 1. The molecule has 0 saturated carbocycles. The number of halogens is 1. The Bertz CT molecular complexity index is 796. The second-order valence-electron chi connectivity index (χ2n) is 5.42. The number of hydrogen-bond donors (Lipinski definition) is 0. The summed E-state index contributed by atoms with van der Waals surface area (Å²) in [6.45, 7) is 0. The topological polar surface area (TPSA) is 17.1 Å². The van der Waals surface area contributed by atoms with Crippen LogP contribution in [0.15, 0.2) is 83.8 Å².